The predicted octanol–water partition coefficient (Wildman–Crippen LogP) is 5.42. The van der Waals surface area contributed by atoms with E-state index in [4.69, 9.17) is 23.2 Å². The van der Waals surface area contributed by atoms with E-state index in [1.54, 1.807) is 18.6 Å². The van der Waals surface area contributed by atoms with Gasteiger partial charge in [-0.2, -0.15) is 5.26 Å². The first-order chi connectivity index (χ1) is 12.6. The van der Waals surface area contributed by atoms with Crippen molar-refractivity contribution in [3.63, 3.8) is 0 Å². The molecule has 0 aliphatic heterocycles. The van der Waals surface area contributed by atoms with Crippen LogP contribution in [0.15, 0.2) is 67.1 Å². The summed E-state index contributed by atoms with van der Waals surface area (Å²) >= 11 is 12.0. The van der Waals surface area contributed by atoms with Crippen molar-refractivity contribution in [2.24, 2.45) is 0 Å². The van der Waals surface area contributed by atoms with Crippen molar-refractivity contribution < 1.29 is 0 Å². The van der Waals surface area contributed by atoms with Crippen LogP contribution >= 0.6 is 23.2 Å². The van der Waals surface area contributed by atoms with Crippen LogP contribution < -0.4 is 0 Å². The highest BCUT2D eigenvalue weighted by molar-refractivity contribution is 6.30. The second-order valence-electron chi connectivity index (χ2n) is 6.20. The van der Waals surface area contributed by atoms with E-state index in [1.807, 2.05) is 48.5 Å². The van der Waals surface area contributed by atoms with Crippen molar-refractivity contribution in [2.75, 3.05) is 0 Å². The second kappa shape index (κ2) is 8.31. The van der Waals surface area contributed by atoms with Gasteiger partial charge in [-0.3, -0.25) is 9.97 Å². The molecule has 1 unspecified atom stereocenters. The number of aromatic nitrogens is 2. The molecule has 1 aromatic heterocycles. The van der Waals surface area contributed by atoms with Crippen LogP contribution in [0.5, 0.6) is 0 Å². The summed E-state index contributed by atoms with van der Waals surface area (Å²) in [5, 5.41) is 11.5. The molecular weight excluding hydrogens is 365 g/mol. The summed E-state index contributed by atoms with van der Waals surface area (Å²) in [5.41, 5.74) is 2.16. The Balaban J connectivity index is 1.92. The first-order valence-electron chi connectivity index (χ1n) is 8.28. The maximum absolute atomic E-state index is 10.1. The zero-order chi connectivity index (χ0) is 18.4. The molecule has 1 atom stereocenters. The Morgan fingerprint density at radius 1 is 0.923 bits per heavy atom. The van der Waals surface area contributed by atoms with Gasteiger partial charge in [-0.05, 0) is 48.2 Å². The number of benzene rings is 2. The van der Waals surface area contributed by atoms with E-state index in [0.717, 1.165) is 23.2 Å². The van der Waals surface area contributed by atoms with Gasteiger partial charge >= 0.3 is 0 Å². The molecule has 5 heteroatoms. The minimum Gasteiger partial charge on any atom is -0.261 e. The molecular formula is C21H17Cl2N3. The maximum Gasteiger partial charge on any atom is 0.0881 e. The highest BCUT2D eigenvalue weighted by Crippen LogP contribution is 2.33. The van der Waals surface area contributed by atoms with Gasteiger partial charge in [0.05, 0.1) is 17.2 Å². The Morgan fingerprint density at radius 2 is 1.58 bits per heavy atom. The third kappa shape index (κ3) is 4.40. The average molecular weight is 382 g/mol. The third-order valence-electron chi connectivity index (χ3n) is 4.46. The summed E-state index contributed by atoms with van der Waals surface area (Å²) in [7, 11) is 0. The molecule has 3 aromatic rings. The highest BCUT2D eigenvalue weighted by atomic mass is 35.5. The van der Waals surface area contributed by atoms with Crippen molar-refractivity contribution >= 4 is 23.2 Å². The third-order valence-corrected chi connectivity index (χ3v) is 4.97. The Hall–Kier alpha value is -2.41. The molecule has 130 valence electrons. The molecule has 0 saturated heterocycles. The lowest BCUT2D eigenvalue weighted by molar-refractivity contribution is 0.493. The highest BCUT2D eigenvalue weighted by Gasteiger charge is 2.33. The van der Waals surface area contributed by atoms with E-state index in [9.17, 15) is 5.26 Å². The fourth-order valence-corrected chi connectivity index (χ4v) is 3.25. The van der Waals surface area contributed by atoms with Crippen LogP contribution in [0.1, 0.15) is 23.2 Å². The first-order valence-corrected chi connectivity index (χ1v) is 9.03. The summed E-state index contributed by atoms with van der Waals surface area (Å²) < 4.78 is 0. The van der Waals surface area contributed by atoms with Crippen molar-refractivity contribution in [2.45, 2.75) is 24.7 Å². The number of nitrogens with zero attached hydrogens (tertiary/aromatic N) is 3. The summed E-state index contributed by atoms with van der Waals surface area (Å²) in [6.07, 6.45) is 6.90. The fraction of sp³-hybridized carbons (Fsp3) is 0.190. The Morgan fingerprint density at radius 3 is 2.15 bits per heavy atom. The van der Waals surface area contributed by atoms with E-state index in [1.165, 1.54) is 0 Å². The molecule has 0 saturated carbocycles. The van der Waals surface area contributed by atoms with E-state index >= 15 is 0 Å². The number of nitriles is 1. The van der Waals surface area contributed by atoms with Gasteiger partial charge in [0.25, 0.3) is 0 Å². The topological polar surface area (TPSA) is 49.6 Å². The summed E-state index contributed by atoms with van der Waals surface area (Å²) in [5.74, 6) is 0. The second-order valence-corrected chi connectivity index (χ2v) is 7.07. The molecule has 26 heavy (non-hydrogen) atoms. The predicted molar refractivity (Wildman–Crippen MR) is 104 cm³/mol. The van der Waals surface area contributed by atoms with E-state index in [-0.39, 0.29) is 0 Å². The maximum atomic E-state index is 10.1. The minimum atomic E-state index is -0.708. The van der Waals surface area contributed by atoms with Crippen molar-refractivity contribution in [3.05, 3.63) is 94.0 Å². The average Bonchev–Trinajstić information content (AvgIpc) is 2.68. The van der Waals surface area contributed by atoms with Gasteiger partial charge in [0.2, 0.25) is 0 Å². The van der Waals surface area contributed by atoms with Gasteiger partial charge in [-0.1, -0.05) is 47.5 Å². The van der Waals surface area contributed by atoms with E-state index < -0.39 is 5.41 Å². The number of hydrogen-bond acceptors (Lipinski definition) is 3. The van der Waals surface area contributed by atoms with E-state index in [0.29, 0.717) is 22.9 Å². The number of halogens is 2. The van der Waals surface area contributed by atoms with Gasteiger partial charge in [0.1, 0.15) is 0 Å². The smallest absolute Gasteiger partial charge is 0.0881 e. The van der Waals surface area contributed by atoms with Crippen LogP contribution in [0.25, 0.3) is 0 Å². The van der Waals surface area contributed by atoms with Gasteiger partial charge in [0.15, 0.2) is 0 Å². The number of hydrogen-bond donors (Lipinski definition) is 0. The molecule has 0 bridgehead atoms. The molecule has 0 fully saturated rings. The van der Waals surface area contributed by atoms with Gasteiger partial charge in [-0.15, -0.1) is 0 Å². The molecule has 0 aliphatic rings. The Bertz CT molecular complexity index is 887. The molecule has 0 spiro atoms. The van der Waals surface area contributed by atoms with Crippen LogP contribution in [0, 0.1) is 11.3 Å². The SMILES string of the molecule is N#CC(CCc1ccc(Cl)cc1)(Cc1cnccn1)c1ccc(Cl)cc1. The monoisotopic (exact) mass is 381 g/mol. The molecule has 0 radical (unpaired) electrons. The quantitative estimate of drug-likeness (QED) is 0.572. The van der Waals surface area contributed by atoms with Crippen LogP contribution in [0.4, 0.5) is 0 Å². The van der Waals surface area contributed by atoms with Crippen LogP contribution in [0.3, 0.4) is 0 Å². The standard InChI is InChI=1S/C21H17Cl2N3/c22-18-5-1-16(2-6-18)9-10-21(15-24,13-20-14-25-11-12-26-20)17-3-7-19(23)8-4-17/h1-8,11-12,14H,9-10,13H2. The summed E-state index contributed by atoms with van der Waals surface area (Å²) in [6.45, 7) is 0. The Kier molecular flexibility index (Phi) is 5.88. The zero-order valence-electron chi connectivity index (χ0n) is 14.1. The van der Waals surface area contributed by atoms with Gasteiger partial charge in [0, 0.05) is 35.1 Å². The Labute approximate surface area is 163 Å². The normalized spacial score (nSPS) is 13.0. The van der Waals surface area contributed by atoms with Crippen LogP contribution in [0.2, 0.25) is 10.0 Å². The molecule has 0 aliphatic carbocycles. The van der Waals surface area contributed by atoms with E-state index in [2.05, 4.69) is 16.0 Å². The lowest BCUT2D eigenvalue weighted by Gasteiger charge is -2.27. The largest absolute Gasteiger partial charge is 0.261 e. The molecule has 3 nitrogen and oxygen atoms in total. The van der Waals surface area contributed by atoms with Crippen molar-refractivity contribution in [3.8, 4) is 6.07 Å². The number of rotatable bonds is 6. The fourth-order valence-electron chi connectivity index (χ4n) is 3.00. The van der Waals surface area contributed by atoms with Crippen LogP contribution in [-0.2, 0) is 18.3 Å². The van der Waals surface area contributed by atoms with Crippen molar-refractivity contribution in [1.82, 2.24) is 9.97 Å². The molecule has 2 aromatic carbocycles. The molecule has 0 N–H and O–H groups in total. The van der Waals surface area contributed by atoms with Crippen LogP contribution in [-0.4, -0.2) is 9.97 Å². The summed E-state index contributed by atoms with van der Waals surface area (Å²) in [6, 6.07) is 17.8. The minimum absolute atomic E-state index is 0.493. The lowest BCUT2D eigenvalue weighted by Crippen LogP contribution is -2.28. The summed E-state index contributed by atoms with van der Waals surface area (Å²) in [4.78, 5) is 8.50. The zero-order valence-corrected chi connectivity index (χ0v) is 15.6. The molecule has 1 heterocycles. The van der Waals surface area contributed by atoms with Gasteiger partial charge < -0.3 is 0 Å². The first kappa shape index (κ1) is 18.4. The molecule has 0 amide bonds. The lowest BCUT2D eigenvalue weighted by atomic mass is 9.74. The number of aryl methyl sites for hydroxylation is 1. The van der Waals surface area contributed by atoms with Crippen molar-refractivity contribution in [1.29, 1.82) is 5.26 Å². The van der Waals surface area contributed by atoms with Gasteiger partial charge in [-0.25, -0.2) is 0 Å². The molecule has 3 rings (SSSR count).